The van der Waals surface area contributed by atoms with Gasteiger partial charge in [-0.3, -0.25) is 9.97 Å². The first-order valence-electron chi connectivity index (χ1n) is 10.9. The van der Waals surface area contributed by atoms with Gasteiger partial charge in [0, 0.05) is 34.5 Å². The van der Waals surface area contributed by atoms with Crippen molar-refractivity contribution in [1.82, 2.24) is 24.8 Å². The third-order valence-electron chi connectivity index (χ3n) is 6.11. The minimum atomic E-state index is -0.0734. The average Bonchev–Trinajstić information content (AvgIpc) is 3.30. The molecule has 166 valence electrons. The van der Waals surface area contributed by atoms with E-state index in [4.69, 9.17) is 23.8 Å². The molecule has 4 heterocycles. The molecule has 0 unspecified atom stereocenters. The molecule has 5 nitrogen and oxygen atoms in total. The molecule has 4 aromatic rings. The van der Waals surface area contributed by atoms with Crippen molar-refractivity contribution in [3.63, 3.8) is 0 Å². The summed E-state index contributed by atoms with van der Waals surface area (Å²) in [7, 11) is 0. The highest BCUT2D eigenvalue weighted by Crippen LogP contribution is 2.42. The van der Waals surface area contributed by atoms with Gasteiger partial charge in [0.25, 0.3) is 0 Å². The van der Waals surface area contributed by atoms with Crippen LogP contribution in [-0.4, -0.2) is 24.5 Å². The maximum Gasteiger partial charge on any atom is 0.170 e. The molecule has 33 heavy (non-hydrogen) atoms. The Kier molecular flexibility index (Phi) is 5.87. The van der Waals surface area contributed by atoms with E-state index in [1.54, 1.807) is 0 Å². The van der Waals surface area contributed by atoms with Crippen LogP contribution < -0.4 is 5.32 Å². The first kappa shape index (κ1) is 21.6. The van der Waals surface area contributed by atoms with Crippen molar-refractivity contribution < 1.29 is 0 Å². The summed E-state index contributed by atoms with van der Waals surface area (Å²) >= 11 is 12.1. The molecule has 1 aliphatic heterocycles. The maximum atomic E-state index is 6.31. The van der Waals surface area contributed by atoms with Crippen molar-refractivity contribution in [3.05, 3.63) is 112 Å². The van der Waals surface area contributed by atoms with Gasteiger partial charge < -0.3 is 14.8 Å². The molecule has 1 saturated heterocycles. The molecule has 0 amide bonds. The van der Waals surface area contributed by atoms with Gasteiger partial charge in [-0.2, -0.15) is 0 Å². The van der Waals surface area contributed by atoms with E-state index < -0.39 is 0 Å². The van der Waals surface area contributed by atoms with Crippen molar-refractivity contribution in [3.8, 4) is 5.69 Å². The van der Waals surface area contributed by atoms with E-state index >= 15 is 0 Å². The second kappa shape index (κ2) is 8.96. The topological polar surface area (TPSA) is 46.0 Å². The van der Waals surface area contributed by atoms with Crippen molar-refractivity contribution in [2.24, 2.45) is 0 Å². The van der Waals surface area contributed by atoms with Crippen LogP contribution in [0.4, 0.5) is 0 Å². The number of nitrogens with one attached hydrogen (secondary N) is 1. The van der Waals surface area contributed by atoms with E-state index in [1.807, 2.05) is 67.0 Å². The van der Waals surface area contributed by atoms with Crippen molar-refractivity contribution >= 4 is 28.9 Å². The first-order chi connectivity index (χ1) is 16.0. The molecule has 3 aromatic heterocycles. The quantitative estimate of drug-likeness (QED) is 0.376. The van der Waals surface area contributed by atoms with E-state index in [1.165, 1.54) is 5.56 Å². The molecule has 1 fully saturated rings. The second-order valence-electron chi connectivity index (χ2n) is 8.22. The molecule has 2 atom stereocenters. The summed E-state index contributed by atoms with van der Waals surface area (Å²) in [5, 5.41) is 4.95. The van der Waals surface area contributed by atoms with Crippen LogP contribution in [0.2, 0.25) is 5.02 Å². The highest BCUT2D eigenvalue weighted by molar-refractivity contribution is 7.80. The smallest absolute Gasteiger partial charge is 0.170 e. The number of nitrogens with zero attached hydrogens (tertiary/aromatic N) is 4. The first-order valence-corrected chi connectivity index (χ1v) is 11.6. The summed E-state index contributed by atoms with van der Waals surface area (Å²) in [6, 6.07) is 22.0. The largest absolute Gasteiger partial charge is 0.352 e. The summed E-state index contributed by atoms with van der Waals surface area (Å²) in [6.07, 6.45) is 3.64. The van der Waals surface area contributed by atoms with Crippen molar-refractivity contribution in [2.75, 3.05) is 0 Å². The van der Waals surface area contributed by atoms with Crippen molar-refractivity contribution in [2.45, 2.75) is 32.5 Å². The lowest BCUT2D eigenvalue weighted by molar-refractivity contribution is 0.307. The van der Waals surface area contributed by atoms with Gasteiger partial charge in [0.1, 0.15) is 0 Å². The highest BCUT2D eigenvalue weighted by atomic mass is 35.5. The fraction of sp³-hybridized carbons (Fsp3) is 0.192. The van der Waals surface area contributed by atoms with Gasteiger partial charge >= 0.3 is 0 Å². The zero-order valence-corrected chi connectivity index (χ0v) is 20.0. The van der Waals surface area contributed by atoms with Gasteiger partial charge in [0.15, 0.2) is 5.11 Å². The van der Waals surface area contributed by atoms with Crippen LogP contribution in [0.5, 0.6) is 0 Å². The fourth-order valence-corrected chi connectivity index (χ4v) is 5.17. The van der Waals surface area contributed by atoms with Crippen LogP contribution in [0.15, 0.2) is 79.1 Å². The molecule has 1 aromatic carbocycles. The number of halogens is 1. The van der Waals surface area contributed by atoms with Crippen LogP contribution in [0.1, 0.15) is 40.4 Å². The standard InChI is InChI=1S/C26H24ClN5S/c1-17-14-22(18(2)32(17)21-10-7-8-19(27)15-21)25-24(23-11-4-6-13-29-23)30-26(33)31(25)16-20-9-3-5-12-28-20/h3-15,24-25H,16H2,1-2H3,(H,30,33)/t24-,25-/m0/s1. The monoisotopic (exact) mass is 473 g/mol. The van der Waals surface area contributed by atoms with Gasteiger partial charge in [-0.05, 0) is 80.2 Å². The third-order valence-corrected chi connectivity index (χ3v) is 6.70. The molecular formula is C26H24ClN5S. The highest BCUT2D eigenvalue weighted by Gasteiger charge is 2.41. The van der Waals surface area contributed by atoms with E-state index in [0.29, 0.717) is 16.7 Å². The average molecular weight is 474 g/mol. The molecule has 5 rings (SSSR count). The molecule has 0 saturated carbocycles. The minimum absolute atomic E-state index is 0.0338. The van der Waals surface area contributed by atoms with Gasteiger partial charge in [0.2, 0.25) is 0 Å². The molecular weight excluding hydrogens is 450 g/mol. The van der Waals surface area contributed by atoms with E-state index in [0.717, 1.165) is 28.5 Å². The third kappa shape index (κ3) is 4.12. The molecule has 1 aliphatic rings. The second-order valence-corrected chi connectivity index (χ2v) is 9.04. The molecule has 0 aliphatic carbocycles. The normalized spacial score (nSPS) is 17.9. The Morgan fingerprint density at radius 1 is 0.970 bits per heavy atom. The fourth-order valence-electron chi connectivity index (χ4n) is 4.68. The predicted octanol–water partition coefficient (Wildman–Crippen LogP) is 5.71. The lowest BCUT2D eigenvalue weighted by Gasteiger charge is -2.28. The molecule has 7 heteroatoms. The summed E-state index contributed by atoms with van der Waals surface area (Å²) in [5.41, 5.74) is 6.46. The van der Waals surface area contributed by atoms with E-state index in [2.05, 4.69) is 50.7 Å². The molecule has 0 radical (unpaired) electrons. The number of aromatic nitrogens is 3. The molecule has 0 bridgehead atoms. The zero-order chi connectivity index (χ0) is 22.9. The van der Waals surface area contributed by atoms with Crippen LogP contribution in [0.25, 0.3) is 5.69 Å². The number of hydrogen-bond acceptors (Lipinski definition) is 3. The maximum absolute atomic E-state index is 6.31. The number of hydrogen-bond donors (Lipinski definition) is 1. The van der Waals surface area contributed by atoms with Gasteiger partial charge in [-0.25, -0.2) is 0 Å². The number of rotatable bonds is 5. The van der Waals surface area contributed by atoms with Gasteiger partial charge in [-0.1, -0.05) is 29.8 Å². The Bertz CT molecular complexity index is 1290. The summed E-state index contributed by atoms with van der Waals surface area (Å²) in [5.74, 6) is 0. The number of benzene rings is 1. The lowest BCUT2D eigenvalue weighted by Crippen LogP contribution is -2.29. The van der Waals surface area contributed by atoms with Gasteiger partial charge in [-0.15, -0.1) is 0 Å². The van der Waals surface area contributed by atoms with E-state index in [-0.39, 0.29) is 12.1 Å². The number of aryl methyl sites for hydroxylation is 1. The SMILES string of the molecule is Cc1cc([C@H]2[C@H](c3ccccn3)NC(=S)N2Cc2ccccn2)c(C)n1-c1cccc(Cl)c1. The molecule has 0 spiro atoms. The zero-order valence-electron chi connectivity index (χ0n) is 18.4. The summed E-state index contributed by atoms with van der Waals surface area (Å²) in [4.78, 5) is 11.4. The van der Waals surface area contributed by atoms with Crippen LogP contribution in [-0.2, 0) is 6.54 Å². The Morgan fingerprint density at radius 2 is 1.76 bits per heavy atom. The number of thiocarbonyl (C=S) groups is 1. The van der Waals surface area contributed by atoms with Crippen LogP contribution in [0, 0.1) is 13.8 Å². The van der Waals surface area contributed by atoms with Gasteiger partial charge in [0.05, 0.1) is 30.0 Å². The Balaban J connectivity index is 1.62. The minimum Gasteiger partial charge on any atom is -0.352 e. The summed E-state index contributed by atoms with van der Waals surface area (Å²) in [6.45, 7) is 4.89. The summed E-state index contributed by atoms with van der Waals surface area (Å²) < 4.78 is 2.25. The van der Waals surface area contributed by atoms with E-state index in [9.17, 15) is 0 Å². The van der Waals surface area contributed by atoms with Crippen molar-refractivity contribution in [1.29, 1.82) is 0 Å². The van der Waals surface area contributed by atoms with Crippen LogP contribution >= 0.6 is 23.8 Å². The lowest BCUT2D eigenvalue weighted by atomic mass is 9.96. The number of pyridine rings is 2. The Hall–Kier alpha value is -3.22. The van der Waals surface area contributed by atoms with Crippen LogP contribution in [0.3, 0.4) is 0 Å². The Labute approximate surface area is 204 Å². The molecule has 1 N–H and O–H groups in total. The Morgan fingerprint density at radius 3 is 2.45 bits per heavy atom. The predicted molar refractivity (Wildman–Crippen MR) is 135 cm³/mol.